The maximum absolute atomic E-state index is 12.8. The Morgan fingerprint density at radius 3 is 2.66 bits per heavy atom. The number of nitrogens with zero attached hydrogens (tertiary/aromatic N) is 1. The van der Waals surface area contributed by atoms with Gasteiger partial charge in [-0.05, 0) is 70.4 Å². The number of carbonyl (C=O) groups excluding carboxylic acids is 3. The van der Waals surface area contributed by atoms with Crippen LogP contribution in [0.2, 0.25) is 5.02 Å². The largest absolute Gasteiger partial charge is 0.488 e. The third-order valence-electron chi connectivity index (χ3n) is 5.17. The van der Waals surface area contributed by atoms with Gasteiger partial charge < -0.3 is 15.4 Å². The predicted molar refractivity (Wildman–Crippen MR) is 138 cm³/mol. The molecule has 3 aromatic rings. The maximum atomic E-state index is 12.8. The molecule has 3 aromatic carbocycles. The number of anilines is 1. The first-order chi connectivity index (χ1) is 16.8. The Hall–Kier alpha value is -3.62. The van der Waals surface area contributed by atoms with E-state index in [2.05, 4.69) is 26.6 Å². The molecule has 178 valence electrons. The number of hydrogen-bond donors (Lipinski definition) is 2. The molecule has 1 aliphatic heterocycles. The van der Waals surface area contributed by atoms with E-state index in [9.17, 15) is 14.4 Å². The average molecular weight is 555 g/mol. The van der Waals surface area contributed by atoms with Gasteiger partial charge in [0, 0.05) is 16.3 Å². The summed E-state index contributed by atoms with van der Waals surface area (Å²) < 4.78 is 6.51. The molecule has 4 rings (SSSR count). The van der Waals surface area contributed by atoms with Crippen LogP contribution in [-0.4, -0.2) is 29.3 Å². The van der Waals surface area contributed by atoms with E-state index in [1.165, 1.54) is 0 Å². The molecular weight excluding hydrogens is 534 g/mol. The Morgan fingerprint density at radius 1 is 1.11 bits per heavy atom. The van der Waals surface area contributed by atoms with Crippen molar-refractivity contribution >= 4 is 57.1 Å². The van der Waals surface area contributed by atoms with Gasteiger partial charge in [-0.2, -0.15) is 0 Å². The van der Waals surface area contributed by atoms with Gasteiger partial charge in [-0.1, -0.05) is 48.0 Å². The monoisotopic (exact) mass is 553 g/mol. The van der Waals surface area contributed by atoms with Crippen molar-refractivity contribution in [2.45, 2.75) is 13.5 Å². The van der Waals surface area contributed by atoms with Crippen molar-refractivity contribution in [3.05, 3.63) is 98.6 Å². The van der Waals surface area contributed by atoms with Crippen LogP contribution in [0.3, 0.4) is 0 Å². The van der Waals surface area contributed by atoms with E-state index in [4.69, 9.17) is 16.3 Å². The van der Waals surface area contributed by atoms with Gasteiger partial charge in [-0.25, -0.2) is 9.69 Å². The van der Waals surface area contributed by atoms with Gasteiger partial charge in [-0.3, -0.25) is 9.59 Å². The van der Waals surface area contributed by atoms with Gasteiger partial charge in [0.05, 0.1) is 4.47 Å². The highest BCUT2D eigenvalue weighted by molar-refractivity contribution is 9.10. The fraction of sp³-hybridized carbons (Fsp3) is 0.115. The van der Waals surface area contributed by atoms with Gasteiger partial charge in [-0.15, -0.1) is 0 Å². The number of rotatable bonds is 7. The summed E-state index contributed by atoms with van der Waals surface area (Å²) in [4.78, 5) is 38.3. The molecule has 0 spiro atoms. The number of hydrogen-bond acceptors (Lipinski definition) is 4. The molecule has 35 heavy (non-hydrogen) atoms. The summed E-state index contributed by atoms with van der Waals surface area (Å²) in [5.74, 6) is -0.448. The van der Waals surface area contributed by atoms with E-state index in [-0.39, 0.29) is 5.70 Å². The molecule has 0 bridgehead atoms. The van der Waals surface area contributed by atoms with E-state index in [0.29, 0.717) is 33.1 Å². The van der Waals surface area contributed by atoms with Crippen molar-refractivity contribution in [3.63, 3.8) is 0 Å². The zero-order chi connectivity index (χ0) is 24.9. The molecule has 7 nitrogen and oxygen atoms in total. The smallest absolute Gasteiger partial charge is 0.329 e. The van der Waals surface area contributed by atoms with Gasteiger partial charge >= 0.3 is 6.03 Å². The summed E-state index contributed by atoms with van der Waals surface area (Å²) in [5.41, 5.74) is 3.18. The normalized spacial score (nSPS) is 14.3. The predicted octanol–water partition coefficient (Wildman–Crippen LogP) is 5.52. The number of imide groups is 1. The van der Waals surface area contributed by atoms with Crippen molar-refractivity contribution in [3.8, 4) is 5.75 Å². The summed E-state index contributed by atoms with van der Waals surface area (Å²) in [6.07, 6.45) is 1.54. The maximum Gasteiger partial charge on any atom is 0.329 e. The Kier molecular flexibility index (Phi) is 7.53. The Labute approximate surface area is 215 Å². The molecule has 1 heterocycles. The fourth-order valence-corrected chi connectivity index (χ4v) is 4.14. The van der Waals surface area contributed by atoms with Crippen LogP contribution in [0.1, 0.15) is 16.7 Å². The highest BCUT2D eigenvalue weighted by Gasteiger charge is 2.34. The SMILES string of the molecule is Cc1cccc(NC(=O)CN2C(=O)N/C(=C/c3ccc(OCc4ccccc4Cl)c(Br)c3)C2=O)c1. The first-order valence-electron chi connectivity index (χ1n) is 10.7. The summed E-state index contributed by atoms with van der Waals surface area (Å²) in [6.45, 7) is 1.81. The third kappa shape index (κ3) is 6.09. The molecule has 1 fully saturated rings. The number of aryl methyl sites for hydroxylation is 1. The Bertz CT molecular complexity index is 1340. The van der Waals surface area contributed by atoms with Gasteiger partial charge in [0.2, 0.25) is 5.91 Å². The highest BCUT2D eigenvalue weighted by atomic mass is 79.9. The van der Waals surface area contributed by atoms with Crippen LogP contribution in [0.5, 0.6) is 5.75 Å². The van der Waals surface area contributed by atoms with E-state index < -0.39 is 24.4 Å². The van der Waals surface area contributed by atoms with Crippen molar-refractivity contribution in [1.82, 2.24) is 10.2 Å². The van der Waals surface area contributed by atoms with Crippen molar-refractivity contribution in [2.24, 2.45) is 0 Å². The van der Waals surface area contributed by atoms with Gasteiger partial charge in [0.1, 0.15) is 24.6 Å². The van der Waals surface area contributed by atoms with Crippen LogP contribution >= 0.6 is 27.5 Å². The van der Waals surface area contributed by atoms with Crippen LogP contribution in [0.15, 0.2) is 76.9 Å². The molecular formula is C26H21BrClN3O4. The van der Waals surface area contributed by atoms with E-state index in [1.807, 2.05) is 37.3 Å². The number of urea groups is 1. The van der Waals surface area contributed by atoms with Crippen molar-refractivity contribution < 1.29 is 19.1 Å². The molecule has 0 aromatic heterocycles. The molecule has 1 aliphatic rings. The lowest BCUT2D eigenvalue weighted by Gasteiger charge is -2.12. The molecule has 2 N–H and O–H groups in total. The molecule has 9 heteroatoms. The quantitative estimate of drug-likeness (QED) is 0.297. The molecule has 0 radical (unpaired) electrons. The van der Waals surface area contributed by atoms with E-state index in [0.717, 1.165) is 16.0 Å². The van der Waals surface area contributed by atoms with Crippen molar-refractivity contribution in [2.75, 3.05) is 11.9 Å². The second-order valence-electron chi connectivity index (χ2n) is 7.87. The second kappa shape index (κ2) is 10.8. The minimum atomic E-state index is -0.653. The number of nitrogens with one attached hydrogen (secondary N) is 2. The fourth-order valence-electron chi connectivity index (χ4n) is 3.44. The van der Waals surface area contributed by atoms with Crippen LogP contribution in [0, 0.1) is 6.92 Å². The molecule has 0 unspecified atom stereocenters. The lowest BCUT2D eigenvalue weighted by atomic mass is 10.2. The number of carbonyl (C=O) groups is 3. The lowest BCUT2D eigenvalue weighted by molar-refractivity contribution is -0.127. The summed E-state index contributed by atoms with van der Waals surface area (Å²) in [5, 5.41) is 5.84. The number of halogens is 2. The molecule has 4 amide bonds. The average Bonchev–Trinajstić information content (AvgIpc) is 3.07. The van der Waals surface area contributed by atoms with Crippen LogP contribution in [-0.2, 0) is 16.2 Å². The summed E-state index contributed by atoms with van der Waals surface area (Å²) in [7, 11) is 0. The van der Waals surface area contributed by atoms with Crippen molar-refractivity contribution in [1.29, 1.82) is 0 Å². The second-order valence-corrected chi connectivity index (χ2v) is 9.13. The minimum absolute atomic E-state index is 0.0787. The zero-order valence-corrected chi connectivity index (χ0v) is 21.0. The minimum Gasteiger partial charge on any atom is -0.488 e. The zero-order valence-electron chi connectivity index (χ0n) is 18.7. The number of benzene rings is 3. The molecule has 0 atom stereocenters. The van der Waals surface area contributed by atoms with Crippen LogP contribution < -0.4 is 15.4 Å². The van der Waals surface area contributed by atoms with Crippen LogP contribution in [0.25, 0.3) is 6.08 Å². The topological polar surface area (TPSA) is 87.7 Å². The third-order valence-corrected chi connectivity index (χ3v) is 6.16. The van der Waals surface area contributed by atoms with Gasteiger partial charge in [0.15, 0.2) is 0 Å². The van der Waals surface area contributed by atoms with E-state index >= 15 is 0 Å². The van der Waals surface area contributed by atoms with Gasteiger partial charge in [0.25, 0.3) is 5.91 Å². The Morgan fingerprint density at radius 2 is 1.91 bits per heavy atom. The first-order valence-corrected chi connectivity index (χ1v) is 11.8. The highest BCUT2D eigenvalue weighted by Crippen LogP contribution is 2.29. The standard InChI is InChI=1S/C26H21BrClN3O4/c1-16-5-4-7-19(11-16)29-24(32)14-31-25(33)22(30-26(31)34)13-17-9-10-23(20(27)12-17)35-15-18-6-2-3-8-21(18)28/h2-13H,14-15H2,1H3,(H,29,32)(H,30,34)/b22-13+. The molecule has 0 aliphatic carbocycles. The lowest BCUT2D eigenvalue weighted by Crippen LogP contribution is -2.38. The number of ether oxygens (including phenoxy) is 1. The summed E-state index contributed by atoms with van der Waals surface area (Å²) >= 11 is 9.64. The van der Waals surface area contributed by atoms with Crippen LogP contribution in [0.4, 0.5) is 10.5 Å². The first kappa shape index (κ1) is 24.5. The Balaban J connectivity index is 1.40. The van der Waals surface area contributed by atoms with E-state index in [1.54, 1.807) is 42.5 Å². The molecule has 0 saturated carbocycles. The summed E-state index contributed by atoms with van der Waals surface area (Å²) in [6, 6.07) is 19.3. The molecule has 1 saturated heterocycles. The number of amides is 4.